The molecule has 0 radical (unpaired) electrons. The summed E-state index contributed by atoms with van der Waals surface area (Å²) < 4.78 is 15.4. The van der Waals surface area contributed by atoms with Gasteiger partial charge in [-0.05, 0) is 6.42 Å². The maximum absolute atomic E-state index is 11.9. The number of hydrogen-bond donors (Lipinski definition) is 1. The Kier molecular flexibility index (Phi) is 5.99. The molecule has 0 aromatic heterocycles. The average molecular weight is 267 g/mol. The summed E-state index contributed by atoms with van der Waals surface area (Å²) in [6.45, 7) is 2.49. The lowest BCUT2D eigenvalue weighted by molar-refractivity contribution is 0.0499. The summed E-state index contributed by atoms with van der Waals surface area (Å²) in [4.78, 5) is 11.9. The Labute approximate surface area is 113 Å². The van der Waals surface area contributed by atoms with Gasteiger partial charge in [0, 0.05) is 12.1 Å². The van der Waals surface area contributed by atoms with Gasteiger partial charge >= 0.3 is 5.97 Å². The molecule has 5 heteroatoms. The van der Waals surface area contributed by atoms with Crippen LogP contribution in [0, 0.1) is 0 Å². The number of hydrogen-bond acceptors (Lipinski definition) is 5. The highest BCUT2D eigenvalue weighted by Crippen LogP contribution is 2.32. The van der Waals surface area contributed by atoms with Gasteiger partial charge in [0.25, 0.3) is 0 Å². The number of benzene rings is 1. The summed E-state index contributed by atoms with van der Waals surface area (Å²) in [5.41, 5.74) is 6.43. The van der Waals surface area contributed by atoms with Crippen molar-refractivity contribution in [1.29, 1.82) is 0 Å². The van der Waals surface area contributed by atoms with E-state index >= 15 is 0 Å². The monoisotopic (exact) mass is 267 g/mol. The first-order valence-corrected chi connectivity index (χ1v) is 6.32. The van der Waals surface area contributed by atoms with Gasteiger partial charge in [0.2, 0.25) is 0 Å². The van der Waals surface area contributed by atoms with Crippen molar-refractivity contribution in [3.05, 3.63) is 17.7 Å². The highest BCUT2D eigenvalue weighted by Gasteiger charge is 2.16. The van der Waals surface area contributed by atoms with E-state index < -0.39 is 5.97 Å². The number of carbonyl (C=O) groups is 1. The molecule has 5 nitrogen and oxygen atoms in total. The van der Waals surface area contributed by atoms with Crippen molar-refractivity contribution in [1.82, 2.24) is 0 Å². The molecule has 0 bridgehead atoms. The zero-order valence-electron chi connectivity index (χ0n) is 11.7. The van der Waals surface area contributed by atoms with Crippen LogP contribution < -0.4 is 15.2 Å². The first kappa shape index (κ1) is 15.1. The second-order valence-corrected chi connectivity index (χ2v) is 4.14. The molecule has 1 aromatic carbocycles. The molecule has 0 aliphatic heterocycles. The van der Waals surface area contributed by atoms with Crippen LogP contribution in [0.1, 0.15) is 36.5 Å². The zero-order valence-corrected chi connectivity index (χ0v) is 11.7. The van der Waals surface area contributed by atoms with E-state index in [9.17, 15) is 4.79 Å². The number of anilines is 1. The van der Waals surface area contributed by atoms with E-state index in [2.05, 4.69) is 6.92 Å². The summed E-state index contributed by atoms with van der Waals surface area (Å²) in [6.07, 6.45) is 2.97. The van der Waals surface area contributed by atoms with Crippen LogP contribution in [0.4, 0.5) is 5.69 Å². The molecule has 0 aliphatic carbocycles. The fourth-order valence-corrected chi connectivity index (χ4v) is 1.67. The second-order valence-electron chi connectivity index (χ2n) is 4.14. The number of unbranched alkanes of at least 4 members (excludes halogenated alkanes) is 2. The topological polar surface area (TPSA) is 70.8 Å². The average Bonchev–Trinajstić information content (AvgIpc) is 2.42. The number of nitrogens with two attached hydrogens (primary N) is 1. The van der Waals surface area contributed by atoms with Crippen molar-refractivity contribution in [3.63, 3.8) is 0 Å². The highest BCUT2D eigenvalue weighted by atomic mass is 16.5. The number of nitrogen functional groups attached to an aromatic ring is 1. The lowest BCUT2D eigenvalue weighted by atomic mass is 10.1. The molecule has 2 N–H and O–H groups in total. The lowest BCUT2D eigenvalue weighted by Gasteiger charge is -2.12. The molecule has 1 rings (SSSR count). The SMILES string of the molecule is CCCCCOC(=O)c1cc(OC)c(OC)cc1N. The van der Waals surface area contributed by atoms with Crippen molar-refractivity contribution in [2.45, 2.75) is 26.2 Å². The minimum atomic E-state index is -0.436. The molecular formula is C14H21NO4. The van der Waals surface area contributed by atoms with Crippen LogP contribution >= 0.6 is 0 Å². The smallest absolute Gasteiger partial charge is 0.340 e. The van der Waals surface area contributed by atoms with Gasteiger partial charge in [-0.2, -0.15) is 0 Å². The number of carbonyl (C=O) groups excluding carboxylic acids is 1. The fourth-order valence-electron chi connectivity index (χ4n) is 1.67. The van der Waals surface area contributed by atoms with Crippen LogP contribution in [0.5, 0.6) is 11.5 Å². The lowest BCUT2D eigenvalue weighted by Crippen LogP contribution is -2.10. The van der Waals surface area contributed by atoms with Crippen molar-refractivity contribution in [3.8, 4) is 11.5 Å². The molecule has 0 heterocycles. The van der Waals surface area contributed by atoms with Crippen LogP contribution in [0.25, 0.3) is 0 Å². The summed E-state index contributed by atoms with van der Waals surface area (Å²) in [5, 5.41) is 0. The number of ether oxygens (including phenoxy) is 3. The molecule has 106 valence electrons. The van der Waals surface area contributed by atoms with Crippen molar-refractivity contribution >= 4 is 11.7 Å². The molecular weight excluding hydrogens is 246 g/mol. The number of rotatable bonds is 7. The highest BCUT2D eigenvalue weighted by molar-refractivity contribution is 5.96. The normalized spacial score (nSPS) is 10.1. The Balaban J connectivity index is 2.79. The third kappa shape index (κ3) is 4.05. The Morgan fingerprint density at radius 3 is 2.37 bits per heavy atom. The number of methoxy groups -OCH3 is 2. The predicted octanol–water partition coefficient (Wildman–Crippen LogP) is 2.63. The van der Waals surface area contributed by atoms with Crippen LogP contribution in [0.3, 0.4) is 0 Å². The molecule has 0 unspecified atom stereocenters. The third-order valence-corrected chi connectivity index (χ3v) is 2.76. The molecule has 0 saturated carbocycles. The van der Waals surface area contributed by atoms with E-state index in [0.29, 0.717) is 29.4 Å². The van der Waals surface area contributed by atoms with Crippen molar-refractivity contribution in [2.24, 2.45) is 0 Å². The van der Waals surface area contributed by atoms with Gasteiger partial charge in [-0.3, -0.25) is 0 Å². The Morgan fingerprint density at radius 1 is 1.16 bits per heavy atom. The third-order valence-electron chi connectivity index (χ3n) is 2.76. The van der Waals surface area contributed by atoms with E-state index in [4.69, 9.17) is 19.9 Å². The van der Waals surface area contributed by atoms with E-state index in [1.54, 1.807) is 6.07 Å². The molecule has 0 saturated heterocycles. The van der Waals surface area contributed by atoms with Crippen molar-refractivity contribution in [2.75, 3.05) is 26.6 Å². The Morgan fingerprint density at radius 2 is 1.79 bits per heavy atom. The Hall–Kier alpha value is -1.91. The van der Waals surface area contributed by atoms with Gasteiger partial charge in [-0.15, -0.1) is 0 Å². The standard InChI is InChI=1S/C14H21NO4/c1-4-5-6-7-19-14(16)10-8-12(17-2)13(18-3)9-11(10)15/h8-9H,4-7,15H2,1-3H3. The first-order chi connectivity index (χ1) is 9.13. The van der Waals surface area contributed by atoms with Gasteiger partial charge in [0.05, 0.1) is 32.1 Å². The van der Waals surface area contributed by atoms with Crippen LogP contribution in [0.2, 0.25) is 0 Å². The summed E-state index contributed by atoms with van der Waals surface area (Å²) in [7, 11) is 3.02. The van der Waals surface area contributed by atoms with Crippen LogP contribution in [-0.2, 0) is 4.74 Å². The molecule has 0 spiro atoms. The summed E-state index contributed by atoms with van der Waals surface area (Å²) in [5.74, 6) is 0.509. The van der Waals surface area contributed by atoms with Gasteiger partial charge in [-0.1, -0.05) is 19.8 Å². The molecule has 0 fully saturated rings. The second kappa shape index (κ2) is 7.51. The van der Waals surface area contributed by atoms with Crippen molar-refractivity contribution < 1.29 is 19.0 Å². The van der Waals surface area contributed by atoms with E-state index in [-0.39, 0.29) is 0 Å². The fraction of sp³-hybridized carbons (Fsp3) is 0.500. The van der Waals surface area contributed by atoms with E-state index in [1.165, 1.54) is 20.3 Å². The van der Waals surface area contributed by atoms with Crippen LogP contribution in [0.15, 0.2) is 12.1 Å². The summed E-state index contributed by atoms with van der Waals surface area (Å²) >= 11 is 0. The minimum Gasteiger partial charge on any atom is -0.493 e. The van der Waals surface area contributed by atoms with E-state index in [1.807, 2.05) is 0 Å². The molecule has 1 aromatic rings. The quantitative estimate of drug-likeness (QED) is 0.467. The predicted molar refractivity (Wildman–Crippen MR) is 73.8 cm³/mol. The Bertz CT molecular complexity index is 432. The van der Waals surface area contributed by atoms with Gasteiger partial charge in [0.15, 0.2) is 11.5 Å². The number of esters is 1. The van der Waals surface area contributed by atoms with Crippen LogP contribution in [-0.4, -0.2) is 26.8 Å². The van der Waals surface area contributed by atoms with Gasteiger partial charge < -0.3 is 19.9 Å². The first-order valence-electron chi connectivity index (χ1n) is 6.32. The van der Waals surface area contributed by atoms with Gasteiger partial charge in [0.1, 0.15) is 0 Å². The zero-order chi connectivity index (χ0) is 14.3. The largest absolute Gasteiger partial charge is 0.493 e. The van der Waals surface area contributed by atoms with E-state index in [0.717, 1.165) is 19.3 Å². The summed E-state index contributed by atoms with van der Waals surface area (Å²) in [6, 6.07) is 3.10. The molecule has 0 amide bonds. The van der Waals surface area contributed by atoms with Gasteiger partial charge in [-0.25, -0.2) is 4.79 Å². The maximum atomic E-state index is 11.9. The molecule has 19 heavy (non-hydrogen) atoms. The minimum absolute atomic E-state index is 0.300. The molecule has 0 aliphatic rings. The maximum Gasteiger partial charge on any atom is 0.340 e. The molecule has 0 atom stereocenters.